The summed E-state index contributed by atoms with van der Waals surface area (Å²) in [7, 11) is 0. The fourth-order valence-corrected chi connectivity index (χ4v) is 4.20. The summed E-state index contributed by atoms with van der Waals surface area (Å²) in [6.07, 6.45) is 5.91. The van der Waals surface area contributed by atoms with Crippen LogP contribution in [0.3, 0.4) is 0 Å². The van der Waals surface area contributed by atoms with Gasteiger partial charge < -0.3 is 15.1 Å². The van der Waals surface area contributed by atoms with Crippen LogP contribution in [0.25, 0.3) is 0 Å². The van der Waals surface area contributed by atoms with Gasteiger partial charge in [0.05, 0.1) is 0 Å². The number of benzene rings is 1. The lowest BCUT2D eigenvalue weighted by Crippen LogP contribution is -2.50. The van der Waals surface area contributed by atoms with Crippen LogP contribution in [0.15, 0.2) is 30.3 Å². The van der Waals surface area contributed by atoms with E-state index in [4.69, 9.17) is 0 Å². The molecule has 1 N–H and O–H groups in total. The van der Waals surface area contributed by atoms with E-state index in [0.717, 1.165) is 44.9 Å². The Hall–Kier alpha value is -2.37. The highest BCUT2D eigenvalue weighted by molar-refractivity contribution is 5.81. The molecule has 3 amide bonds. The van der Waals surface area contributed by atoms with E-state index < -0.39 is 0 Å². The third kappa shape index (κ3) is 5.57. The summed E-state index contributed by atoms with van der Waals surface area (Å²) in [5.74, 6) is 0.406. The van der Waals surface area contributed by atoms with E-state index >= 15 is 0 Å². The highest BCUT2D eigenvalue weighted by Crippen LogP contribution is 2.30. The van der Waals surface area contributed by atoms with Crippen molar-refractivity contribution in [1.29, 1.82) is 0 Å². The fraction of sp³-hybridized carbons (Fsp3) is 0.591. The molecule has 0 bridgehead atoms. The summed E-state index contributed by atoms with van der Waals surface area (Å²) < 4.78 is 0. The van der Waals surface area contributed by atoms with Gasteiger partial charge in [0.1, 0.15) is 0 Å². The Morgan fingerprint density at radius 3 is 2.25 bits per heavy atom. The van der Waals surface area contributed by atoms with Crippen molar-refractivity contribution in [3.8, 4) is 0 Å². The fourth-order valence-electron chi connectivity index (χ4n) is 4.20. The highest BCUT2D eigenvalue weighted by atomic mass is 16.2. The Morgan fingerprint density at radius 1 is 0.964 bits per heavy atom. The lowest BCUT2D eigenvalue weighted by atomic mass is 9.81. The summed E-state index contributed by atoms with van der Waals surface area (Å²) in [6.45, 7) is 3.19. The standard InChI is InChI=1S/C22H31N3O3/c26-17-24-13-15-25(16-14-24)22(28)20-10-8-19(9-11-20)21(27)23-12-4-7-18-5-2-1-3-6-18/h1-3,5-6,17,19-20H,4,7-16H2,(H,23,27). The van der Waals surface area contributed by atoms with Gasteiger partial charge in [-0.2, -0.15) is 0 Å². The van der Waals surface area contributed by atoms with Crippen molar-refractivity contribution >= 4 is 18.2 Å². The number of carbonyl (C=O) groups is 3. The zero-order valence-corrected chi connectivity index (χ0v) is 16.5. The topological polar surface area (TPSA) is 69.7 Å². The largest absolute Gasteiger partial charge is 0.356 e. The van der Waals surface area contributed by atoms with Crippen LogP contribution in [0.4, 0.5) is 0 Å². The molecular formula is C22H31N3O3. The van der Waals surface area contributed by atoms with Crippen LogP contribution in [0.5, 0.6) is 0 Å². The number of aryl methyl sites for hydroxylation is 1. The number of amides is 3. The molecule has 1 saturated carbocycles. The first-order valence-electron chi connectivity index (χ1n) is 10.5. The Balaban J connectivity index is 1.33. The third-order valence-corrected chi connectivity index (χ3v) is 6.01. The molecule has 0 radical (unpaired) electrons. The molecule has 0 aromatic heterocycles. The minimum atomic E-state index is 0.0323. The molecule has 0 unspecified atom stereocenters. The molecule has 1 aliphatic carbocycles. The van der Waals surface area contributed by atoms with Crippen molar-refractivity contribution < 1.29 is 14.4 Å². The maximum Gasteiger partial charge on any atom is 0.225 e. The summed E-state index contributed by atoms with van der Waals surface area (Å²) in [5.41, 5.74) is 1.30. The second-order valence-corrected chi connectivity index (χ2v) is 7.90. The first-order valence-corrected chi connectivity index (χ1v) is 10.5. The van der Waals surface area contributed by atoms with Crippen LogP contribution in [-0.4, -0.2) is 60.7 Å². The van der Waals surface area contributed by atoms with E-state index in [1.807, 2.05) is 23.1 Å². The van der Waals surface area contributed by atoms with Gasteiger partial charge in [0.25, 0.3) is 0 Å². The quantitative estimate of drug-likeness (QED) is 0.575. The molecule has 0 spiro atoms. The van der Waals surface area contributed by atoms with Crippen LogP contribution in [0.2, 0.25) is 0 Å². The third-order valence-electron chi connectivity index (χ3n) is 6.01. The lowest BCUT2D eigenvalue weighted by Gasteiger charge is -2.36. The van der Waals surface area contributed by atoms with Crippen molar-refractivity contribution in [3.05, 3.63) is 35.9 Å². The maximum absolute atomic E-state index is 12.7. The zero-order valence-electron chi connectivity index (χ0n) is 16.5. The van der Waals surface area contributed by atoms with Crippen LogP contribution in [0, 0.1) is 11.8 Å². The monoisotopic (exact) mass is 385 g/mol. The molecule has 1 heterocycles. The molecule has 3 rings (SSSR count). The second kappa shape index (κ2) is 10.2. The van der Waals surface area contributed by atoms with Crippen LogP contribution >= 0.6 is 0 Å². The smallest absolute Gasteiger partial charge is 0.225 e. The molecule has 2 aliphatic rings. The number of nitrogens with one attached hydrogen (secondary N) is 1. The Bertz CT molecular complexity index is 648. The van der Waals surface area contributed by atoms with Gasteiger partial charge in [-0.15, -0.1) is 0 Å². The first kappa shape index (κ1) is 20.4. The van der Waals surface area contributed by atoms with Gasteiger partial charge in [-0.1, -0.05) is 30.3 Å². The number of carbonyl (C=O) groups excluding carboxylic acids is 3. The average molecular weight is 386 g/mol. The SMILES string of the molecule is O=CN1CCN(C(=O)C2CCC(C(=O)NCCCc3ccccc3)CC2)CC1. The molecule has 2 fully saturated rings. The van der Waals surface area contributed by atoms with E-state index in [9.17, 15) is 14.4 Å². The van der Waals surface area contributed by atoms with Crippen molar-refractivity contribution in [2.45, 2.75) is 38.5 Å². The van der Waals surface area contributed by atoms with Gasteiger partial charge in [0.2, 0.25) is 18.2 Å². The van der Waals surface area contributed by atoms with Gasteiger partial charge in [-0.05, 0) is 44.1 Å². The molecule has 1 aliphatic heterocycles. The predicted molar refractivity (Wildman–Crippen MR) is 107 cm³/mol. The van der Waals surface area contributed by atoms with Crippen molar-refractivity contribution in [2.24, 2.45) is 11.8 Å². The number of rotatable bonds is 7. The average Bonchev–Trinajstić information content (AvgIpc) is 2.77. The van der Waals surface area contributed by atoms with Gasteiger partial charge in [0.15, 0.2) is 0 Å². The number of nitrogens with zero attached hydrogens (tertiary/aromatic N) is 2. The highest BCUT2D eigenvalue weighted by Gasteiger charge is 2.33. The molecule has 6 heteroatoms. The minimum Gasteiger partial charge on any atom is -0.356 e. The zero-order chi connectivity index (χ0) is 19.8. The first-order chi connectivity index (χ1) is 13.7. The summed E-state index contributed by atoms with van der Waals surface area (Å²) in [4.78, 5) is 39.5. The van der Waals surface area contributed by atoms with Crippen molar-refractivity contribution in [1.82, 2.24) is 15.1 Å². The Morgan fingerprint density at radius 2 is 1.61 bits per heavy atom. The normalized spacial score (nSPS) is 22.6. The molecule has 1 aromatic rings. The van der Waals surface area contributed by atoms with Crippen LogP contribution < -0.4 is 5.32 Å². The molecular weight excluding hydrogens is 354 g/mol. The predicted octanol–water partition coefficient (Wildman–Crippen LogP) is 1.84. The Kier molecular flexibility index (Phi) is 7.46. The van der Waals surface area contributed by atoms with Crippen LogP contribution in [0.1, 0.15) is 37.7 Å². The second-order valence-electron chi connectivity index (χ2n) is 7.90. The van der Waals surface area contributed by atoms with E-state index in [1.165, 1.54) is 5.56 Å². The molecule has 28 heavy (non-hydrogen) atoms. The van der Waals surface area contributed by atoms with Gasteiger partial charge in [0, 0.05) is 44.6 Å². The van der Waals surface area contributed by atoms with Gasteiger partial charge >= 0.3 is 0 Å². The maximum atomic E-state index is 12.7. The molecule has 1 saturated heterocycles. The van der Waals surface area contributed by atoms with E-state index in [2.05, 4.69) is 17.4 Å². The minimum absolute atomic E-state index is 0.0323. The number of piperazine rings is 1. The van der Waals surface area contributed by atoms with Gasteiger partial charge in [-0.3, -0.25) is 14.4 Å². The Labute approximate surface area is 167 Å². The van der Waals surface area contributed by atoms with Crippen molar-refractivity contribution in [3.63, 3.8) is 0 Å². The molecule has 1 aromatic carbocycles. The van der Waals surface area contributed by atoms with Crippen molar-refractivity contribution in [2.75, 3.05) is 32.7 Å². The van der Waals surface area contributed by atoms with E-state index in [1.54, 1.807) is 4.90 Å². The molecule has 6 nitrogen and oxygen atoms in total. The molecule has 0 atom stereocenters. The number of hydrogen-bond donors (Lipinski definition) is 1. The van der Waals surface area contributed by atoms with Crippen LogP contribution in [-0.2, 0) is 20.8 Å². The summed E-state index contributed by atoms with van der Waals surface area (Å²) in [5, 5.41) is 3.07. The lowest BCUT2D eigenvalue weighted by molar-refractivity contribution is -0.141. The summed E-state index contributed by atoms with van der Waals surface area (Å²) >= 11 is 0. The van der Waals surface area contributed by atoms with Gasteiger partial charge in [-0.25, -0.2) is 0 Å². The summed E-state index contributed by atoms with van der Waals surface area (Å²) in [6, 6.07) is 10.3. The van der Waals surface area contributed by atoms with E-state index in [0.29, 0.717) is 32.7 Å². The number of hydrogen-bond acceptors (Lipinski definition) is 3. The molecule has 152 valence electrons. The van der Waals surface area contributed by atoms with E-state index in [-0.39, 0.29) is 23.7 Å².